The third-order valence-electron chi connectivity index (χ3n) is 5.32. The Labute approximate surface area is 229 Å². The second kappa shape index (κ2) is 12.8. The maximum Gasteiger partial charge on any atom is 0.343 e. The number of hydrazone groups is 1. The lowest BCUT2D eigenvalue weighted by Crippen LogP contribution is -2.17. The molecule has 0 aliphatic carbocycles. The van der Waals surface area contributed by atoms with Crippen LogP contribution in [0.4, 0.5) is 0 Å². The van der Waals surface area contributed by atoms with Gasteiger partial charge in [0.25, 0.3) is 5.91 Å². The molecule has 0 aromatic heterocycles. The minimum absolute atomic E-state index is 0.269. The lowest BCUT2D eigenvalue weighted by molar-refractivity contribution is 0.0734. The number of amides is 1. The van der Waals surface area contributed by atoms with Crippen molar-refractivity contribution < 1.29 is 23.8 Å². The van der Waals surface area contributed by atoms with E-state index in [0.717, 1.165) is 5.56 Å². The van der Waals surface area contributed by atoms with E-state index < -0.39 is 5.97 Å². The van der Waals surface area contributed by atoms with Gasteiger partial charge in [-0.05, 0) is 90.5 Å². The van der Waals surface area contributed by atoms with Crippen LogP contribution in [0.1, 0.15) is 31.8 Å². The highest BCUT2D eigenvalue weighted by molar-refractivity contribution is 6.35. The van der Waals surface area contributed by atoms with Crippen molar-refractivity contribution in [2.24, 2.45) is 5.10 Å². The standard InChI is InChI=1S/C29H22Cl2N2O5/c1-36-24-12-7-21(8-13-24)29(35)38-26-10-2-19(3-11-26)17-32-33-28(34)20-5-14-25(15-6-20)37-18-22-4-9-23(30)16-27(22)31/h2-17H,18H2,1H3,(H,33,34)/b32-17+. The van der Waals surface area contributed by atoms with E-state index in [1.54, 1.807) is 98.1 Å². The van der Waals surface area contributed by atoms with E-state index in [9.17, 15) is 9.59 Å². The number of hydrogen-bond donors (Lipinski definition) is 1. The van der Waals surface area contributed by atoms with Crippen molar-refractivity contribution in [2.75, 3.05) is 7.11 Å². The lowest BCUT2D eigenvalue weighted by atomic mass is 10.2. The Kier molecular flexibility index (Phi) is 8.98. The summed E-state index contributed by atoms with van der Waals surface area (Å²) < 4.78 is 16.2. The Morgan fingerprint density at radius 3 is 2.11 bits per heavy atom. The van der Waals surface area contributed by atoms with Crippen LogP contribution in [-0.2, 0) is 6.61 Å². The van der Waals surface area contributed by atoms with Crippen molar-refractivity contribution in [1.29, 1.82) is 0 Å². The maximum absolute atomic E-state index is 12.4. The Bertz CT molecular complexity index is 1440. The van der Waals surface area contributed by atoms with Crippen LogP contribution in [0, 0.1) is 0 Å². The molecule has 7 nitrogen and oxygen atoms in total. The molecule has 0 saturated carbocycles. The van der Waals surface area contributed by atoms with Gasteiger partial charge in [-0.25, -0.2) is 10.2 Å². The first-order chi connectivity index (χ1) is 18.4. The van der Waals surface area contributed by atoms with Gasteiger partial charge in [0.05, 0.1) is 18.9 Å². The van der Waals surface area contributed by atoms with E-state index in [1.165, 1.54) is 6.21 Å². The summed E-state index contributed by atoms with van der Waals surface area (Å²) in [5, 5.41) is 5.07. The van der Waals surface area contributed by atoms with Crippen LogP contribution < -0.4 is 19.6 Å². The fraction of sp³-hybridized carbons (Fsp3) is 0.0690. The number of carbonyl (C=O) groups is 2. The van der Waals surface area contributed by atoms with E-state index in [-0.39, 0.29) is 12.5 Å². The molecule has 0 saturated heterocycles. The SMILES string of the molecule is COc1ccc(C(=O)Oc2ccc(/C=N/NC(=O)c3ccc(OCc4ccc(Cl)cc4Cl)cc3)cc2)cc1. The summed E-state index contributed by atoms with van der Waals surface area (Å²) in [5.41, 5.74) is 4.81. The van der Waals surface area contributed by atoms with Gasteiger partial charge in [-0.2, -0.15) is 5.10 Å². The number of methoxy groups -OCH3 is 1. The van der Waals surface area contributed by atoms with Crippen LogP contribution >= 0.6 is 23.2 Å². The van der Waals surface area contributed by atoms with Crippen molar-refractivity contribution in [1.82, 2.24) is 5.43 Å². The fourth-order valence-corrected chi connectivity index (χ4v) is 3.71. The highest BCUT2D eigenvalue weighted by atomic mass is 35.5. The van der Waals surface area contributed by atoms with Crippen LogP contribution in [0.2, 0.25) is 10.0 Å². The van der Waals surface area contributed by atoms with E-state index >= 15 is 0 Å². The van der Waals surface area contributed by atoms with Gasteiger partial charge in [0.15, 0.2) is 0 Å². The molecule has 4 aromatic carbocycles. The molecule has 0 aliphatic heterocycles. The predicted molar refractivity (Wildman–Crippen MR) is 147 cm³/mol. The summed E-state index contributed by atoms with van der Waals surface area (Å²) in [6, 6.07) is 25.2. The molecule has 0 unspecified atom stereocenters. The van der Waals surface area contributed by atoms with Crippen molar-refractivity contribution in [3.8, 4) is 17.2 Å². The van der Waals surface area contributed by atoms with Crippen molar-refractivity contribution in [3.05, 3.63) is 123 Å². The number of ether oxygens (including phenoxy) is 3. The molecule has 9 heteroatoms. The van der Waals surface area contributed by atoms with Crippen LogP contribution in [0.3, 0.4) is 0 Å². The van der Waals surface area contributed by atoms with Gasteiger partial charge in [-0.1, -0.05) is 29.3 Å². The number of rotatable bonds is 9. The third-order valence-corrected chi connectivity index (χ3v) is 5.91. The quantitative estimate of drug-likeness (QED) is 0.111. The first-order valence-electron chi connectivity index (χ1n) is 11.4. The first kappa shape index (κ1) is 26.7. The number of nitrogens with zero attached hydrogens (tertiary/aromatic N) is 1. The molecule has 1 amide bonds. The maximum atomic E-state index is 12.4. The molecule has 0 bridgehead atoms. The van der Waals surface area contributed by atoms with Gasteiger partial charge < -0.3 is 14.2 Å². The van der Waals surface area contributed by atoms with Crippen molar-refractivity contribution in [3.63, 3.8) is 0 Å². The molecule has 0 aliphatic rings. The van der Waals surface area contributed by atoms with Gasteiger partial charge in [-0.15, -0.1) is 0 Å². The molecule has 4 aromatic rings. The minimum atomic E-state index is -0.480. The van der Waals surface area contributed by atoms with Gasteiger partial charge in [-0.3, -0.25) is 4.79 Å². The van der Waals surface area contributed by atoms with E-state index in [1.807, 2.05) is 0 Å². The molecule has 0 spiro atoms. The fourth-order valence-electron chi connectivity index (χ4n) is 3.25. The monoisotopic (exact) mass is 548 g/mol. The first-order valence-corrected chi connectivity index (χ1v) is 12.1. The molecule has 0 radical (unpaired) electrons. The van der Waals surface area contributed by atoms with Crippen molar-refractivity contribution >= 4 is 41.3 Å². The third kappa shape index (κ3) is 7.35. The highest BCUT2D eigenvalue weighted by Crippen LogP contribution is 2.23. The molecule has 38 heavy (non-hydrogen) atoms. The van der Waals surface area contributed by atoms with E-state index in [2.05, 4.69) is 10.5 Å². The zero-order chi connectivity index (χ0) is 26.9. The summed E-state index contributed by atoms with van der Waals surface area (Å²) in [5.74, 6) is 0.765. The van der Waals surface area contributed by atoms with Crippen LogP contribution in [0.25, 0.3) is 0 Å². The second-order valence-corrected chi connectivity index (χ2v) is 8.78. The average Bonchev–Trinajstić information content (AvgIpc) is 2.94. The van der Waals surface area contributed by atoms with Crippen LogP contribution in [0.5, 0.6) is 17.2 Å². The minimum Gasteiger partial charge on any atom is -0.497 e. The Morgan fingerprint density at radius 1 is 0.816 bits per heavy atom. The topological polar surface area (TPSA) is 86.2 Å². The van der Waals surface area contributed by atoms with Crippen molar-refractivity contribution in [2.45, 2.75) is 6.61 Å². The Morgan fingerprint density at radius 2 is 1.45 bits per heavy atom. The predicted octanol–water partition coefficient (Wildman–Crippen LogP) is 6.56. The summed E-state index contributed by atoms with van der Waals surface area (Å²) in [4.78, 5) is 24.7. The molecule has 1 N–H and O–H groups in total. The van der Waals surface area contributed by atoms with Gasteiger partial charge in [0, 0.05) is 21.2 Å². The van der Waals surface area contributed by atoms with Crippen LogP contribution in [-0.4, -0.2) is 25.2 Å². The lowest BCUT2D eigenvalue weighted by Gasteiger charge is -2.08. The molecule has 4 rings (SSSR count). The van der Waals surface area contributed by atoms with E-state index in [4.69, 9.17) is 37.4 Å². The number of halogens is 2. The zero-order valence-electron chi connectivity index (χ0n) is 20.2. The molecular weight excluding hydrogens is 527 g/mol. The molecule has 192 valence electrons. The zero-order valence-corrected chi connectivity index (χ0v) is 21.7. The Balaban J connectivity index is 1.25. The smallest absolute Gasteiger partial charge is 0.343 e. The van der Waals surface area contributed by atoms with E-state index in [0.29, 0.717) is 44.0 Å². The molecular formula is C29H22Cl2N2O5. The molecule has 0 atom stereocenters. The number of carbonyl (C=O) groups excluding carboxylic acids is 2. The molecule has 0 heterocycles. The van der Waals surface area contributed by atoms with Crippen LogP contribution in [0.15, 0.2) is 96.1 Å². The summed E-state index contributed by atoms with van der Waals surface area (Å²) in [6.45, 7) is 0.269. The summed E-state index contributed by atoms with van der Waals surface area (Å²) in [7, 11) is 1.55. The average molecular weight is 549 g/mol. The number of esters is 1. The second-order valence-electron chi connectivity index (χ2n) is 7.93. The Hall–Kier alpha value is -4.33. The van der Waals surface area contributed by atoms with Gasteiger partial charge in [0.2, 0.25) is 0 Å². The normalized spacial score (nSPS) is 10.7. The number of nitrogens with one attached hydrogen (secondary N) is 1. The van der Waals surface area contributed by atoms with Gasteiger partial charge in [0.1, 0.15) is 23.9 Å². The van der Waals surface area contributed by atoms with Gasteiger partial charge >= 0.3 is 5.97 Å². The molecule has 0 fully saturated rings. The summed E-state index contributed by atoms with van der Waals surface area (Å²) in [6.07, 6.45) is 1.49. The highest BCUT2D eigenvalue weighted by Gasteiger charge is 2.09. The summed E-state index contributed by atoms with van der Waals surface area (Å²) >= 11 is 12.1. The number of benzene rings is 4. The largest absolute Gasteiger partial charge is 0.497 e. The number of hydrogen-bond acceptors (Lipinski definition) is 6.